The van der Waals surface area contributed by atoms with Crippen molar-refractivity contribution in [1.82, 2.24) is 30.8 Å². The molecular weight excluding hydrogens is 1030 g/mol. The molecule has 0 saturated heterocycles. The van der Waals surface area contributed by atoms with Gasteiger partial charge in [0, 0.05) is 93.6 Å². The number of carboxylic acids is 2. The number of carbonyl (C=O) groups is 6. The second-order valence-corrected chi connectivity index (χ2v) is 16.8. The molecule has 0 saturated carbocycles. The quantitative estimate of drug-likeness (QED) is 0.0392. The summed E-state index contributed by atoms with van der Waals surface area (Å²) in [5.74, 6) is -4.23. The van der Waals surface area contributed by atoms with Gasteiger partial charge in [0.05, 0.1) is 12.6 Å². The maximum absolute atomic E-state index is 13.3. The van der Waals surface area contributed by atoms with Gasteiger partial charge >= 0.3 is 11.9 Å². The summed E-state index contributed by atoms with van der Waals surface area (Å²) in [4.78, 5) is 97.9. The molecular formula is C43H59IN11O9Y-. The predicted molar refractivity (Wildman–Crippen MR) is 251 cm³/mol. The Morgan fingerprint density at radius 1 is 0.923 bits per heavy atom. The van der Waals surface area contributed by atoms with Gasteiger partial charge in [0.15, 0.2) is 5.82 Å². The Hall–Kier alpha value is -4.87. The minimum absolute atomic E-state index is 0. The van der Waals surface area contributed by atoms with Crippen molar-refractivity contribution in [2.24, 2.45) is 0 Å². The molecule has 2 heterocycles. The topological polar surface area (TPSA) is 305 Å². The summed E-state index contributed by atoms with van der Waals surface area (Å²) < 4.78 is 1.17. The number of likely N-dealkylation sites (N-methyl/N-ethyl adjacent to an activating group) is 1. The summed E-state index contributed by atoms with van der Waals surface area (Å²) >= 11 is 2.26. The first-order valence-electron chi connectivity index (χ1n) is 21.4. The van der Waals surface area contributed by atoms with Crippen molar-refractivity contribution < 1.29 is 71.7 Å². The molecule has 3 aromatic rings. The monoisotopic (exact) mass is 1090 g/mol. The number of aromatic amines is 1. The number of fused-ring (bicyclic) bond motifs is 1. The number of halogens is 1. The molecule has 2 aromatic carbocycles. The fourth-order valence-corrected chi connectivity index (χ4v) is 7.47. The van der Waals surface area contributed by atoms with Crippen molar-refractivity contribution in [3.05, 3.63) is 79.3 Å². The molecule has 20 nitrogen and oxygen atoms in total. The molecule has 4 amide bonds. The largest absolute Gasteiger partial charge is 0.677 e. The third-order valence-electron chi connectivity index (χ3n) is 10.8. The number of carboxylic acid groups (broad SMARTS) is 2. The van der Waals surface area contributed by atoms with Gasteiger partial charge in [-0.05, 0) is 116 Å². The Morgan fingerprint density at radius 2 is 1.63 bits per heavy atom. The van der Waals surface area contributed by atoms with E-state index in [0.717, 1.165) is 19.3 Å². The fourth-order valence-electron chi connectivity index (χ4n) is 7.11. The maximum Gasteiger partial charge on any atom is 0.326 e. The number of aryl methyl sites for hydroxylation is 1. The third kappa shape index (κ3) is 18.1. The Balaban J connectivity index is 0.0000112. The number of H-pyrrole nitrogens is 1. The normalized spacial score (nSPS) is 13.8. The van der Waals surface area contributed by atoms with Crippen LogP contribution in [0.2, 0.25) is 0 Å². The summed E-state index contributed by atoms with van der Waals surface area (Å²) in [5, 5.41) is 34.0. The number of nitrogens with zero attached hydrogens (tertiary/aromatic N) is 3. The van der Waals surface area contributed by atoms with Gasteiger partial charge in [-0.2, -0.15) is 11.5 Å². The van der Waals surface area contributed by atoms with Crippen molar-refractivity contribution >= 4 is 81.3 Å². The Morgan fingerprint density at radius 3 is 2.31 bits per heavy atom. The number of anilines is 4. The van der Waals surface area contributed by atoms with E-state index in [2.05, 4.69) is 83.4 Å². The number of rotatable bonds is 27. The second kappa shape index (κ2) is 28.2. The molecule has 11 N–H and O–H groups in total. The molecule has 0 spiro atoms. The van der Waals surface area contributed by atoms with E-state index < -0.39 is 48.3 Å². The second-order valence-electron chi connectivity index (χ2n) is 15.5. The molecule has 1 radical (unpaired) electrons. The molecule has 1 aromatic heterocycles. The summed E-state index contributed by atoms with van der Waals surface area (Å²) in [6, 6.07) is 11.8. The number of carbonyl (C=O) groups excluding carboxylic acids is 4. The van der Waals surface area contributed by atoms with Crippen LogP contribution in [0.5, 0.6) is 0 Å². The number of aliphatic carboxylic acids is 2. The van der Waals surface area contributed by atoms with E-state index in [1.54, 1.807) is 24.1 Å². The van der Waals surface area contributed by atoms with Crippen LogP contribution in [0, 0.1) is 3.57 Å². The van der Waals surface area contributed by atoms with Crippen LogP contribution < -0.4 is 42.8 Å². The maximum atomic E-state index is 13.3. The van der Waals surface area contributed by atoms with Crippen molar-refractivity contribution in [2.45, 2.75) is 88.8 Å². The minimum atomic E-state index is -1.43. The Kier molecular flexibility index (Phi) is 23.7. The van der Waals surface area contributed by atoms with Gasteiger partial charge in [0.2, 0.25) is 23.7 Å². The van der Waals surface area contributed by atoms with Crippen LogP contribution in [-0.2, 0) is 63.1 Å². The summed E-state index contributed by atoms with van der Waals surface area (Å²) in [7, 11) is 1.77. The number of nitrogens with one attached hydrogen (secondary N) is 7. The first kappa shape index (κ1) is 54.5. The van der Waals surface area contributed by atoms with E-state index in [9.17, 15) is 43.8 Å². The molecule has 0 unspecified atom stereocenters. The van der Waals surface area contributed by atoms with Crippen molar-refractivity contribution in [3.63, 3.8) is 0 Å². The van der Waals surface area contributed by atoms with Gasteiger partial charge in [-0.3, -0.25) is 29.0 Å². The molecule has 3 atom stereocenters. The molecule has 65 heavy (non-hydrogen) atoms. The van der Waals surface area contributed by atoms with E-state index in [1.807, 2.05) is 0 Å². The van der Waals surface area contributed by atoms with Gasteiger partial charge in [-0.15, -0.1) is 0 Å². The van der Waals surface area contributed by atoms with Crippen molar-refractivity contribution in [1.29, 1.82) is 0 Å². The number of unbranched alkanes of at least 4 members (excludes halogenated alkanes) is 3. The fraction of sp³-hybridized carbons (Fsp3) is 0.488. The van der Waals surface area contributed by atoms with Gasteiger partial charge < -0.3 is 58.1 Å². The molecule has 0 aliphatic carbocycles. The zero-order valence-corrected chi connectivity index (χ0v) is 41.5. The van der Waals surface area contributed by atoms with Gasteiger partial charge in [0.1, 0.15) is 17.8 Å². The van der Waals surface area contributed by atoms with Crippen LogP contribution >= 0.6 is 22.6 Å². The standard InChI is InChI=1S/C43H59IN11O9.Y/c1-54-31(25-50-38-37(54)40(60)53-43(46)52-38)24-48-30-17-13-28(14-18-30)39(59)51-32(41(61)62)19-20-35(57)49-26-36(58)55(23-7-5-21-45)33(42(63)64)9-4-6-22-47-34(56)10-3-2-8-27-11-15-29(44)16-12-27;/h11-18,31-33,45,48H,2-10,19-26H2,1H3,(H,47,56)(H,49,57)(H,51,59)(H,61,62)(H,63,64)(H4,46,50,52,53,60);/q-1;/t31-,32-,33-;/m0./s1. The number of hydrogen-bond donors (Lipinski definition) is 9. The van der Waals surface area contributed by atoms with Gasteiger partial charge in [-0.25, -0.2) is 9.59 Å². The zero-order valence-electron chi connectivity index (χ0n) is 36.5. The smallest absolute Gasteiger partial charge is 0.326 e. The number of amides is 4. The molecule has 351 valence electrons. The molecule has 1 aliphatic heterocycles. The van der Waals surface area contributed by atoms with Crippen LogP contribution in [0.3, 0.4) is 0 Å². The molecule has 0 bridgehead atoms. The number of aromatic nitrogens is 2. The number of nitrogens with two attached hydrogens (primary N) is 1. The van der Waals surface area contributed by atoms with Crippen molar-refractivity contribution in [2.75, 3.05) is 67.6 Å². The first-order chi connectivity index (χ1) is 30.7. The number of benzene rings is 2. The van der Waals surface area contributed by atoms with Crippen LogP contribution in [0.15, 0.2) is 53.3 Å². The van der Waals surface area contributed by atoms with E-state index in [4.69, 9.17) is 11.5 Å². The van der Waals surface area contributed by atoms with Crippen molar-refractivity contribution in [3.8, 4) is 0 Å². The number of nitrogen functional groups attached to an aromatic ring is 1. The summed E-state index contributed by atoms with van der Waals surface area (Å²) in [6.45, 7) is 0.902. The average molecular weight is 1090 g/mol. The molecule has 22 heteroatoms. The molecule has 0 fully saturated rings. The van der Waals surface area contributed by atoms with E-state index in [-0.39, 0.29) is 94.1 Å². The summed E-state index contributed by atoms with van der Waals surface area (Å²) in [6.07, 6.45) is 4.12. The zero-order chi connectivity index (χ0) is 46.6. The third-order valence-corrected chi connectivity index (χ3v) is 11.5. The molecule has 1 aliphatic rings. The SMILES string of the molecule is CN1c2c(nc(N)[nH]c2=O)NC[C@@H]1CNc1ccc(C(=O)N[C@@H](CCC(=O)NCC(=O)N(CCCC[NH-])[C@@H](CCCCNC(=O)CCCCc2ccc(I)cc2)C(=O)O)C(=O)O)cc1.[Y]. The first-order valence-corrected chi connectivity index (χ1v) is 22.4. The van der Waals surface area contributed by atoms with Crippen LogP contribution in [0.25, 0.3) is 5.73 Å². The Labute approximate surface area is 416 Å². The average Bonchev–Trinajstić information content (AvgIpc) is 3.26. The van der Waals surface area contributed by atoms with Gasteiger partial charge in [0.25, 0.3) is 11.5 Å². The van der Waals surface area contributed by atoms with Gasteiger partial charge in [-0.1, -0.05) is 18.6 Å². The predicted octanol–water partition coefficient (Wildman–Crippen LogP) is 3.19. The van der Waals surface area contributed by atoms with E-state index in [1.165, 1.54) is 26.2 Å². The van der Waals surface area contributed by atoms with Crippen LogP contribution in [0.1, 0.15) is 80.1 Å². The Bertz CT molecular complexity index is 2110. The summed E-state index contributed by atoms with van der Waals surface area (Å²) in [5.41, 5.74) is 15.2. The molecule has 4 rings (SSSR count). The number of hydrogen-bond acceptors (Lipinski definition) is 12. The minimum Gasteiger partial charge on any atom is -0.677 e. The van der Waals surface area contributed by atoms with Crippen LogP contribution in [-0.4, -0.2) is 125 Å². The van der Waals surface area contributed by atoms with E-state index in [0.29, 0.717) is 68.9 Å². The van der Waals surface area contributed by atoms with Crippen LogP contribution in [0.4, 0.5) is 23.1 Å². The van der Waals surface area contributed by atoms with E-state index >= 15 is 0 Å².